The molecule has 176 valence electrons. The highest BCUT2D eigenvalue weighted by Gasteiger charge is 2.17. The molecule has 11 heteroatoms. The standard InChI is InChI=1S/C22H22F2N2O5S2/c1-2-31-20(28)13-26-21-17(24)11-16(23)12-18(21)32-22(26)25-19(27)9-6-10-33(29,30)14-15-7-4-3-5-8-15/h3-5,7-8,11-12H,2,6,9-10,13-14H2,1H3. The van der Waals surface area contributed by atoms with Crippen molar-refractivity contribution in [2.45, 2.75) is 32.1 Å². The lowest BCUT2D eigenvalue weighted by Crippen LogP contribution is -2.23. The van der Waals surface area contributed by atoms with Crippen molar-refractivity contribution < 1.29 is 31.5 Å². The van der Waals surface area contributed by atoms with Gasteiger partial charge in [0.05, 0.1) is 28.3 Å². The maximum atomic E-state index is 14.4. The number of sulfone groups is 1. The van der Waals surface area contributed by atoms with Gasteiger partial charge in [-0.05, 0) is 25.0 Å². The number of carbonyl (C=O) groups is 2. The van der Waals surface area contributed by atoms with Crippen LogP contribution in [0, 0.1) is 11.6 Å². The molecule has 0 spiro atoms. The molecule has 0 saturated carbocycles. The topological polar surface area (TPSA) is 94.8 Å². The van der Waals surface area contributed by atoms with E-state index < -0.39 is 39.9 Å². The summed E-state index contributed by atoms with van der Waals surface area (Å²) in [5, 5.41) is 0. The number of ether oxygens (including phenoxy) is 1. The number of fused-ring (bicyclic) bond motifs is 1. The Hall–Kier alpha value is -2.92. The van der Waals surface area contributed by atoms with E-state index in [2.05, 4.69) is 4.99 Å². The minimum atomic E-state index is -3.41. The van der Waals surface area contributed by atoms with Gasteiger partial charge in [-0.15, -0.1) is 0 Å². The molecule has 0 aliphatic heterocycles. The third-order valence-electron chi connectivity index (χ3n) is 4.58. The lowest BCUT2D eigenvalue weighted by molar-refractivity contribution is -0.143. The van der Waals surface area contributed by atoms with Gasteiger partial charge in [0.2, 0.25) is 5.91 Å². The predicted molar refractivity (Wildman–Crippen MR) is 120 cm³/mol. The second-order valence-corrected chi connectivity index (χ2v) is 10.4. The quantitative estimate of drug-likeness (QED) is 0.424. The molecule has 0 radical (unpaired) electrons. The number of hydrogen-bond donors (Lipinski definition) is 0. The summed E-state index contributed by atoms with van der Waals surface area (Å²) in [4.78, 5) is 28.3. The number of nitrogens with zero attached hydrogens (tertiary/aromatic N) is 2. The number of hydrogen-bond acceptors (Lipinski definition) is 6. The van der Waals surface area contributed by atoms with Gasteiger partial charge in [0.1, 0.15) is 12.4 Å². The maximum Gasteiger partial charge on any atom is 0.326 e. The minimum Gasteiger partial charge on any atom is -0.465 e. The summed E-state index contributed by atoms with van der Waals surface area (Å²) in [6.45, 7) is 1.32. The van der Waals surface area contributed by atoms with Crippen molar-refractivity contribution in [1.29, 1.82) is 0 Å². The molecule has 1 aromatic heterocycles. The van der Waals surface area contributed by atoms with Crippen LogP contribution in [0.3, 0.4) is 0 Å². The number of carbonyl (C=O) groups excluding carboxylic acids is 2. The van der Waals surface area contributed by atoms with Gasteiger partial charge in [-0.1, -0.05) is 41.7 Å². The Kier molecular flexibility index (Phi) is 8.09. The Bertz CT molecular complexity index is 1330. The average molecular weight is 497 g/mol. The van der Waals surface area contributed by atoms with Crippen LogP contribution >= 0.6 is 11.3 Å². The van der Waals surface area contributed by atoms with Crippen molar-refractivity contribution in [2.24, 2.45) is 4.99 Å². The second kappa shape index (κ2) is 10.8. The van der Waals surface area contributed by atoms with Gasteiger partial charge in [-0.3, -0.25) is 9.59 Å². The molecule has 1 heterocycles. The largest absolute Gasteiger partial charge is 0.465 e. The van der Waals surface area contributed by atoms with E-state index in [1.165, 1.54) is 0 Å². The van der Waals surface area contributed by atoms with E-state index in [9.17, 15) is 26.8 Å². The first-order valence-electron chi connectivity index (χ1n) is 10.1. The summed E-state index contributed by atoms with van der Waals surface area (Å²) in [6, 6.07) is 10.5. The van der Waals surface area contributed by atoms with E-state index in [1.807, 2.05) is 0 Å². The fourth-order valence-electron chi connectivity index (χ4n) is 3.20. The fourth-order valence-corrected chi connectivity index (χ4v) is 5.72. The molecule has 2 aromatic carbocycles. The summed E-state index contributed by atoms with van der Waals surface area (Å²) in [5.41, 5.74) is 0.597. The Labute approximate surface area is 193 Å². The van der Waals surface area contributed by atoms with Crippen LogP contribution in [0.4, 0.5) is 8.78 Å². The molecule has 0 aliphatic carbocycles. The van der Waals surface area contributed by atoms with Crippen LogP contribution in [0.5, 0.6) is 0 Å². The number of aromatic nitrogens is 1. The zero-order valence-electron chi connectivity index (χ0n) is 17.8. The molecule has 0 aliphatic rings. The highest BCUT2D eigenvalue weighted by atomic mass is 32.2. The Morgan fingerprint density at radius 1 is 1.15 bits per heavy atom. The smallest absolute Gasteiger partial charge is 0.326 e. The predicted octanol–water partition coefficient (Wildman–Crippen LogP) is 3.37. The Morgan fingerprint density at radius 2 is 1.88 bits per heavy atom. The zero-order chi connectivity index (χ0) is 24.0. The summed E-state index contributed by atoms with van der Waals surface area (Å²) < 4.78 is 58.9. The molecule has 33 heavy (non-hydrogen) atoms. The molecule has 3 aromatic rings. The van der Waals surface area contributed by atoms with Crippen LogP contribution in [-0.2, 0) is 36.5 Å². The van der Waals surface area contributed by atoms with Gasteiger partial charge in [0, 0.05) is 12.5 Å². The van der Waals surface area contributed by atoms with Gasteiger partial charge in [0.25, 0.3) is 0 Å². The van der Waals surface area contributed by atoms with E-state index in [0.717, 1.165) is 22.0 Å². The average Bonchev–Trinajstić information content (AvgIpc) is 3.05. The van der Waals surface area contributed by atoms with E-state index in [-0.39, 0.29) is 46.0 Å². The van der Waals surface area contributed by atoms with Crippen LogP contribution in [0.25, 0.3) is 10.2 Å². The molecule has 0 fully saturated rings. The SMILES string of the molecule is CCOC(=O)Cn1c(=NC(=O)CCCS(=O)(=O)Cc2ccccc2)sc2cc(F)cc(F)c21. The first-order chi connectivity index (χ1) is 15.7. The number of esters is 1. The highest BCUT2D eigenvalue weighted by molar-refractivity contribution is 7.90. The molecular weight excluding hydrogens is 474 g/mol. The molecule has 3 rings (SSSR count). The van der Waals surface area contributed by atoms with E-state index in [1.54, 1.807) is 37.3 Å². The van der Waals surface area contributed by atoms with E-state index in [0.29, 0.717) is 11.6 Å². The highest BCUT2D eigenvalue weighted by Crippen LogP contribution is 2.22. The van der Waals surface area contributed by atoms with Crippen LogP contribution in [-0.4, -0.2) is 37.2 Å². The Morgan fingerprint density at radius 3 is 2.58 bits per heavy atom. The van der Waals surface area contributed by atoms with Crippen molar-refractivity contribution in [3.8, 4) is 0 Å². The molecule has 0 saturated heterocycles. The molecule has 0 N–H and O–H groups in total. The molecule has 0 unspecified atom stereocenters. The van der Waals surface area contributed by atoms with Crippen molar-refractivity contribution >= 4 is 43.3 Å². The number of halogens is 2. The first-order valence-corrected chi connectivity index (χ1v) is 12.8. The van der Waals surface area contributed by atoms with Crippen molar-refractivity contribution in [3.63, 3.8) is 0 Å². The molecule has 1 amide bonds. The van der Waals surface area contributed by atoms with Crippen LogP contribution in [0.15, 0.2) is 47.5 Å². The third-order valence-corrected chi connectivity index (χ3v) is 7.29. The number of rotatable bonds is 9. The molecule has 0 atom stereocenters. The summed E-state index contributed by atoms with van der Waals surface area (Å²) in [6.07, 6.45) is -0.0955. The van der Waals surface area contributed by atoms with Crippen LogP contribution in [0.1, 0.15) is 25.3 Å². The van der Waals surface area contributed by atoms with Gasteiger partial charge >= 0.3 is 5.97 Å². The van der Waals surface area contributed by atoms with Crippen LogP contribution < -0.4 is 4.80 Å². The minimum absolute atomic E-state index is 0.000282. The monoisotopic (exact) mass is 496 g/mol. The second-order valence-electron chi connectivity index (χ2n) is 7.20. The van der Waals surface area contributed by atoms with Gasteiger partial charge in [-0.2, -0.15) is 4.99 Å². The number of amides is 1. The van der Waals surface area contributed by atoms with Gasteiger partial charge in [-0.25, -0.2) is 17.2 Å². The van der Waals surface area contributed by atoms with Crippen LogP contribution in [0.2, 0.25) is 0 Å². The number of thiazole rings is 1. The molecule has 0 bridgehead atoms. The van der Waals surface area contributed by atoms with E-state index >= 15 is 0 Å². The molecule has 7 nitrogen and oxygen atoms in total. The van der Waals surface area contributed by atoms with E-state index in [4.69, 9.17) is 4.74 Å². The van der Waals surface area contributed by atoms with Gasteiger partial charge < -0.3 is 9.30 Å². The summed E-state index contributed by atoms with van der Waals surface area (Å²) in [5.74, 6) is -3.31. The number of benzene rings is 2. The normalized spacial score (nSPS) is 12.3. The lowest BCUT2D eigenvalue weighted by Gasteiger charge is -2.06. The van der Waals surface area contributed by atoms with Crippen molar-refractivity contribution in [2.75, 3.05) is 12.4 Å². The van der Waals surface area contributed by atoms with Crippen molar-refractivity contribution in [1.82, 2.24) is 4.57 Å². The Balaban J connectivity index is 1.78. The maximum absolute atomic E-state index is 14.4. The fraction of sp³-hybridized carbons (Fsp3) is 0.318. The molecular formula is C22H22F2N2O5S2. The van der Waals surface area contributed by atoms with Crippen molar-refractivity contribution in [3.05, 3.63) is 64.5 Å². The first kappa shape index (κ1) is 24.7. The summed E-state index contributed by atoms with van der Waals surface area (Å²) in [7, 11) is -3.41. The summed E-state index contributed by atoms with van der Waals surface area (Å²) >= 11 is 0.851. The zero-order valence-corrected chi connectivity index (χ0v) is 19.4. The lowest BCUT2D eigenvalue weighted by atomic mass is 10.2. The third kappa shape index (κ3) is 6.78. The van der Waals surface area contributed by atoms with Gasteiger partial charge in [0.15, 0.2) is 20.5 Å².